The van der Waals surface area contributed by atoms with Crippen molar-refractivity contribution in [2.24, 2.45) is 0 Å². The molecule has 1 rings (SSSR count). The standard InChI is InChI=1S/C12H15.Li/c1-5-10-8-6-7-9-11(10)12(2,3)4;/h1,5-9H,2-4H3;/q-1;+1. The van der Waals surface area contributed by atoms with Crippen LogP contribution in [-0.4, -0.2) is 0 Å². The third-order valence-corrected chi connectivity index (χ3v) is 1.95. The van der Waals surface area contributed by atoms with Gasteiger partial charge in [0.2, 0.25) is 0 Å². The van der Waals surface area contributed by atoms with Gasteiger partial charge in [0.25, 0.3) is 0 Å². The first-order chi connectivity index (χ1) is 5.55. The van der Waals surface area contributed by atoms with Crippen LogP contribution in [0.4, 0.5) is 0 Å². The van der Waals surface area contributed by atoms with Crippen LogP contribution in [-0.2, 0) is 5.41 Å². The largest absolute Gasteiger partial charge is 1.00 e. The minimum atomic E-state index is 0. The summed E-state index contributed by atoms with van der Waals surface area (Å²) in [6, 6.07) is 8.22. The van der Waals surface area contributed by atoms with E-state index in [-0.39, 0.29) is 24.3 Å². The van der Waals surface area contributed by atoms with E-state index < -0.39 is 0 Å². The molecule has 0 unspecified atom stereocenters. The van der Waals surface area contributed by atoms with E-state index >= 15 is 0 Å². The smallest absolute Gasteiger partial charge is 0.292 e. The maximum atomic E-state index is 5.52. The first kappa shape index (κ1) is 12.6. The van der Waals surface area contributed by atoms with E-state index in [1.807, 2.05) is 18.2 Å². The molecular formula is C12H15Li. The van der Waals surface area contributed by atoms with Gasteiger partial charge in [-0.1, -0.05) is 39.0 Å². The Morgan fingerprint density at radius 1 is 1.15 bits per heavy atom. The van der Waals surface area contributed by atoms with Crippen LogP contribution >= 0.6 is 0 Å². The molecule has 1 aromatic rings. The van der Waals surface area contributed by atoms with Crippen molar-refractivity contribution in [2.75, 3.05) is 0 Å². The summed E-state index contributed by atoms with van der Waals surface area (Å²) in [4.78, 5) is 0. The third kappa shape index (κ3) is 3.07. The molecule has 64 valence electrons. The molecular weight excluding hydrogens is 151 g/mol. The normalized spacial score (nSPS) is 10.4. The fourth-order valence-corrected chi connectivity index (χ4v) is 1.33. The van der Waals surface area contributed by atoms with Crippen molar-refractivity contribution in [3.63, 3.8) is 0 Å². The van der Waals surface area contributed by atoms with E-state index in [0.717, 1.165) is 5.56 Å². The molecule has 1 aromatic carbocycles. The molecule has 1 heteroatoms. The van der Waals surface area contributed by atoms with Crippen LogP contribution in [0.15, 0.2) is 24.3 Å². The summed E-state index contributed by atoms with van der Waals surface area (Å²) in [5, 5.41) is 0. The molecule has 13 heavy (non-hydrogen) atoms. The second-order valence-corrected chi connectivity index (χ2v) is 4.00. The Morgan fingerprint density at radius 2 is 1.69 bits per heavy atom. The molecule has 0 aliphatic rings. The van der Waals surface area contributed by atoms with Gasteiger partial charge in [-0.3, -0.25) is 6.58 Å². The molecule has 0 saturated carbocycles. The Balaban J connectivity index is 0.00000144. The van der Waals surface area contributed by atoms with Crippen LogP contribution in [0.2, 0.25) is 0 Å². The number of benzene rings is 1. The molecule has 0 aromatic heterocycles. The topological polar surface area (TPSA) is 0 Å². The van der Waals surface area contributed by atoms with Crippen LogP contribution in [0.5, 0.6) is 0 Å². The average Bonchev–Trinajstić information content (AvgIpc) is 2.03. The van der Waals surface area contributed by atoms with Crippen molar-refractivity contribution in [2.45, 2.75) is 26.2 Å². The van der Waals surface area contributed by atoms with Crippen LogP contribution in [0.25, 0.3) is 6.08 Å². The maximum absolute atomic E-state index is 5.52. The van der Waals surface area contributed by atoms with Gasteiger partial charge >= 0.3 is 18.9 Å². The molecule has 0 aliphatic heterocycles. The summed E-state index contributed by atoms with van der Waals surface area (Å²) in [6.07, 6.45) is 1.67. The quantitative estimate of drug-likeness (QED) is 0.419. The Bertz CT molecular complexity index is 281. The molecule has 0 spiro atoms. The Morgan fingerprint density at radius 3 is 2.08 bits per heavy atom. The van der Waals surface area contributed by atoms with Gasteiger partial charge in [-0.2, -0.15) is 5.56 Å². The predicted octanol–water partition coefficient (Wildman–Crippen LogP) is 0.434. The van der Waals surface area contributed by atoms with Crippen molar-refractivity contribution >= 4 is 6.08 Å². The van der Waals surface area contributed by atoms with Gasteiger partial charge in [0.1, 0.15) is 0 Å². The summed E-state index contributed by atoms with van der Waals surface area (Å²) in [6.45, 7) is 12.1. The fraction of sp³-hybridized carbons (Fsp3) is 0.333. The van der Waals surface area contributed by atoms with Gasteiger partial charge in [0.05, 0.1) is 0 Å². The molecule has 0 bridgehead atoms. The number of rotatable bonds is 1. The van der Waals surface area contributed by atoms with Gasteiger partial charge in [0.15, 0.2) is 0 Å². The zero-order valence-electron chi connectivity index (χ0n) is 8.96. The summed E-state index contributed by atoms with van der Waals surface area (Å²) >= 11 is 0. The Hall–Kier alpha value is -0.443. The van der Waals surface area contributed by atoms with E-state index in [4.69, 9.17) is 6.58 Å². The molecule has 0 radical (unpaired) electrons. The van der Waals surface area contributed by atoms with Gasteiger partial charge in [0, 0.05) is 0 Å². The van der Waals surface area contributed by atoms with Gasteiger partial charge < -0.3 is 0 Å². The maximum Gasteiger partial charge on any atom is 1.00 e. The summed E-state index contributed by atoms with van der Waals surface area (Å²) in [5.74, 6) is 0. The Labute approximate surface area is 93.2 Å². The van der Waals surface area contributed by atoms with Crippen LogP contribution < -0.4 is 18.9 Å². The summed E-state index contributed by atoms with van der Waals surface area (Å²) in [7, 11) is 0. The SMILES string of the molecule is [CH-]=Cc1ccccc1C(C)(C)C.[Li+]. The molecule has 0 aliphatic carbocycles. The van der Waals surface area contributed by atoms with Crippen molar-refractivity contribution in [1.82, 2.24) is 0 Å². The van der Waals surface area contributed by atoms with Crippen molar-refractivity contribution < 1.29 is 18.9 Å². The minimum Gasteiger partial charge on any atom is -0.292 e. The van der Waals surface area contributed by atoms with Crippen molar-refractivity contribution in [1.29, 1.82) is 0 Å². The van der Waals surface area contributed by atoms with E-state index in [1.165, 1.54) is 5.56 Å². The zero-order chi connectivity index (χ0) is 9.19. The molecule has 0 N–H and O–H groups in total. The molecule has 0 heterocycles. The van der Waals surface area contributed by atoms with Gasteiger partial charge in [-0.25, -0.2) is 6.08 Å². The van der Waals surface area contributed by atoms with Gasteiger partial charge in [-0.15, -0.1) is 11.6 Å². The van der Waals surface area contributed by atoms with Crippen LogP contribution in [0, 0.1) is 6.58 Å². The third-order valence-electron chi connectivity index (χ3n) is 1.95. The van der Waals surface area contributed by atoms with Gasteiger partial charge in [-0.05, 0) is 5.41 Å². The predicted molar refractivity (Wildman–Crippen MR) is 53.9 cm³/mol. The van der Waals surface area contributed by atoms with Crippen molar-refractivity contribution in [3.05, 3.63) is 42.0 Å². The van der Waals surface area contributed by atoms with Crippen LogP contribution in [0.1, 0.15) is 31.9 Å². The molecule has 0 fully saturated rings. The van der Waals surface area contributed by atoms with Crippen molar-refractivity contribution in [3.8, 4) is 0 Å². The average molecular weight is 166 g/mol. The Kier molecular flexibility index (Phi) is 4.54. The van der Waals surface area contributed by atoms with E-state index in [0.29, 0.717) is 0 Å². The summed E-state index contributed by atoms with van der Waals surface area (Å²) in [5.41, 5.74) is 2.60. The van der Waals surface area contributed by atoms with E-state index in [2.05, 4.69) is 26.8 Å². The zero-order valence-corrected chi connectivity index (χ0v) is 8.96. The van der Waals surface area contributed by atoms with E-state index in [1.54, 1.807) is 6.08 Å². The van der Waals surface area contributed by atoms with E-state index in [9.17, 15) is 0 Å². The first-order valence-electron chi connectivity index (χ1n) is 4.20. The summed E-state index contributed by atoms with van der Waals surface area (Å²) < 4.78 is 0. The first-order valence-corrected chi connectivity index (χ1v) is 4.20. The number of hydrogen-bond acceptors (Lipinski definition) is 0. The minimum absolute atomic E-state index is 0. The molecule has 0 nitrogen and oxygen atoms in total. The fourth-order valence-electron chi connectivity index (χ4n) is 1.33. The number of hydrogen-bond donors (Lipinski definition) is 0. The molecule has 0 saturated heterocycles. The second-order valence-electron chi connectivity index (χ2n) is 4.00. The monoisotopic (exact) mass is 166 g/mol. The molecule has 0 atom stereocenters. The van der Waals surface area contributed by atoms with Crippen LogP contribution in [0.3, 0.4) is 0 Å². The second kappa shape index (κ2) is 4.70. The molecule has 0 amide bonds.